The van der Waals surface area contributed by atoms with Crippen molar-refractivity contribution in [3.05, 3.63) is 20.8 Å². The summed E-state index contributed by atoms with van der Waals surface area (Å²) >= 11 is 5.21. The Morgan fingerprint density at radius 2 is 2.06 bits per heavy atom. The maximum atomic E-state index is 9.43. The summed E-state index contributed by atoms with van der Waals surface area (Å²) in [7, 11) is 0. The van der Waals surface area contributed by atoms with E-state index in [4.69, 9.17) is 0 Å². The molecule has 0 fully saturated rings. The molecular weight excluding hydrogens is 286 g/mol. The van der Waals surface area contributed by atoms with Gasteiger partial charge >= 0.3 is 0 Å². The Morgan fingerprint density at radius 1 is 1.38 bits per heavy atom. The quantitative estimate of drug-likeness (QED) is 0.809. The highest BCUT2D eigenvalue weighted by Gasteiger charge is 2.24. The zero-order valence-electron chi connectivity index (χ0n) is 9.92. The van der Waals surface area contributed by atoms with Crippen molar-refractivity contribution in [2.75, 3.05) is 13.2 Å². The maximum absolute atomic E-state index is 9.43. The smallest absolute Gasteiger partial charge is 0.0701 e. The lowest BCUT2D eigenvalue weighted by molar-refractivity contribution is 0.113. The van der Waals surface area contributed by atoms with E-state index in [1.54, 1.807) is 11.3 Å². The molecule has 4 heteroatoms. The number of aliphatic hydroxyl groups is 1. The number of nitrogens with one attached hydrogen (secondary N) is 1. The third kappa shape index (κ3) is 3.84. The number of thiophene rings is 1. The summed E-state index contributed by atoms with van der Waals surface area (Å²) in [5.74, 6) is 0. The highest BCUT2D eigenvalue weighted by atomic mass is 79.9. The van der Waals surface area contributed by atoms with Crippen LogP contribution in [-0.2, 0) is 6.54 Å². The number of aliphatic hydroxyl groups excluding tert-OH is 1. The molecule has 2 N–H and O–H groups in total. The molecule has 0 amide bonds. The highest BCUT2D eigenvalue weighted by Crippen LogP contribution is 2.25. The van der Waals surface area contributed by atoms with Gasteiger partial charge in [0.1, 0.15) is 0 Å². The van der Waals surface area contributed by atoms with Crippen molar-refractivity contribution < 1.29 is 5.11 Å². The van der Waals surface area contributed by atoms with Crippen LogP contribution in [0.1, 0.15) is 31.6 Å². The average molecular weight is 306 g/mol. The monoisotopic (exact) mass is 305 g/mol. The van der Waals surface area contributed by atoms with Gasteiger partial charge in [-0.25, -0.2) is 0 Å². The molecule has 0 atom stereocenters. The van der Waals surface area contributed by atoms with E-state index in [9.17, 15) is 5.11 Å². The largest absolute Gasteiger partial charge is 0.396 e. The Kier molecular flexibility index (Phi) is 5.97. The second-order valence-corrected chi connectivity index (χ2v) is 6.72. The maximum Gasteiger partial charge on any atom is 0.0701 e. The fourth-order valence-corrected chi connectivity index (χ4v) is 3.13. The molecule has 2 nitrogen and oxygen atoms in total. The van der Waals surface area contributed by atoms with Gasteiger partial charge in [0.2, 0.25) is 0 Å². The van der Waals surface area contributed by atoms with Crippen LogP contribution in [0.3, 0.4) is 0 Å². The van der Waals surface area contributed by atoms with Gasteiger partial charge in [0, 0.05) is 30.0 Å². The first kappa shape index (κ1) is 14.2. The third-order valence-corrected chi connectivity index (χ3v) is 4.89. The van der Waals surface area contributed by atoms with Crippen molar-refractivity contribution in [1.82, 2.24) is 5.32 Å². The van der Waals surface area contributed by atoms with E-state index < -0.39 is 0 Å². The molecule has 0 aliphatic heterocycles. The molecule has 0 spiro atoms. The number of hydrogen-bond donors (Lipinski definition) is 2. The predicted octanol–water partition coefficient (Wildman–Crippen LogP) is 3.40. The lowest BCUT2D eigenvalue weighted by atomic mass is 9.83. The Morgan fingerprint density at radius 3 is 2.50 bits per heavy atom. The fourth-order valence-electron chi connectivity index (χ4n) is 1.68. The molecule has 1 heterocycles. The second-order valence-electron chi connectivity index (χ2n) is 4.17. The summed E-state index contributed by atoms with van der Waals surface area (Å²) in [6.07, 6.45) is 2.03. The third-order valence-electron chi connectivity index (χ3n) is 3.26. The minimum absolute atomic E-state index is 0.0501. The lowest BCUT2D eigenvalue weighted by Crippen LogP contribution is -2.36. The van der Waals surface area contributed by atoms with Gasteiger partial charge < -0.3 is 10.4 Å². The van der Waals surface area contributed by atoms with Crippen molar-refractivity contribution in [1.29, 1.82) is 0 Å². The summed E-state index contributed by atoms with van der Waals surface area (Å²) in [5.41, 5.74) is 0.0501. The molecule has 1 aromatic heterocycles. The molecule has 0 radical (unpaired) electrons. The SMILES string of the molecule is CCC(CC)(CO)CNCc1ccc(Br)s1. The first-order valence-electron chi connectivity index (χ1n) is 5.71. The summed E-state index contributed by atoms with van der Waals surface area (Å²) in [6.45, 7) is 6.32. The molecule has 1 rings (SSSR count). The van der Waals surface area contributed by atoms with Crippen molar-refractivity contribution in [2.24, 2.45) is 5.41 Å². The average Bonchev–Trinajstić information content (AvgIpc) is 2.71. The molecule has 0 bridgehead atoms. The van der Waals surface area contributed by atoms with Gasteiger partial charge in [0.15, 0.2) is 0 Å². The molecule has 0 aromatic carbocycles. The van der Waals surface area contributed by atoms with Crippen molar-refractivity contribution in [3.63, 3.8) is 0 Å². The summed E-state index contributed by atoms with van der Waals surface area (Å²) in [6, 6.07) is 4.20. The van der Waals surface area contributed by atoms with Crippen LogP contribution in [0.15, 0.2) is 15.9 Å². The molecule has 0 aliphatic carbocycles. The van der Waals surface area contributed by atoms with Crippen molar-refractivity contribution >= 4 is 27.3 Å². The summed E-state index contributed by atoms with van der Waals surface area (Å²) < 4.78 is 1.17. The number of halogens is 1. The molecule has 1 aromatic rings. The normalized spacial score (nSPS) is 12.0. The zero-order valence-corrected chi connectivity index (χ0v) is 12.3. The molecular formula is C12H20BrNOS. The highest BCUT2D eigenvalue weighted by molar-refractivity contribution is 9.11. The van der Waals surface area contributed by atoms with E-state index in [0.717, 1.165) is 25.9 Å². The minimum atomic E-state index is 0.0501. The second kappa shape index (κ2) is 6.74. The van der Waals surface area contributed by atoms with Gasteiger partial charge in [-0.2, -0.15) is 0 Å². The molecule has 0 aliphatic rings. The minimum Gasteiger partial charge on any atom is -0.396 e. The van der Waals surface area contributed by atoms with Crippen LogP contribution in [0.5, 0.6) is 0 Å². The molecule has 0 saturated carbocycles. The van der Waals surface area contributed by atoms with Gasteiger partial charge in [-0.15, -0.1) is 11.3 Å². The van der Waals surface area contributed by atoms with Crippen LogP contribution in [0.2, 0.25) is 0 Å². The predicted molar refractivity (Wildman–Crippen MR) is 73.8 cm³/mol. The standard InChI is InChI=1S/C12H20BrNOS/c1-3-12(4-2,9-15)8-14-7-10-5-6-11(13)16-10/h5-6,14-15H,3-4,7-9H2,1-2H3. The van der Waals surface area contributed by atoms with Crippen LogP contribution in [-0.4, -0.2) is 18.3 Å². The molecule has 0 saturated heterocycles. The topological polar surface area (TPSA) is 32.3 Å². The van der Waals surface area contributed by atoms with Crippen LogP contribution >= 0.6 is 27.3 Å². The van der Waals surface area contributed by atoms with E-state index in [-0.39, 0.29) is 12.0 Å². The Bertz CT molecular complexity index is 301. The van der Waals surface area contributed by atoms with Crippen LogP contribution in [0, 0.1) is 5.41 Å². The first-order valence-corrected chi connectivity index (χ1v) is 7.32. The van der Waals surface area contributed by atoms with Gasteiger partial charge in [0.25, 0.3) is 0 Å². The Labute approximate surface area is 110 Å². The fraction of sp³-hybridized carbons (Fsp3) is 0.667. The van der Waals surface area contributed by atoms with Gasteiger partial charge in [0.05, 0.1) is 3.79 Å². The number of hydrogen-bond acceptors (Lipinski definition) is 3. The van der Waals surface area contributed by atoms with E-state index in [2.05, 4.69) is 47.2 Å². The van der Waals surface area contributed by atoms with Crippen LogP contribution in [0.4, 0.5) is 0 Å². The Hall–Kier alpha value is 0.1000. The van der Waals surface area contributed by atoms with E-state index in [1.165, 1.54) is 8.66 Å². The summed E-state index contributed by atoms with van der Waals surface area (Å²) in [5, 5.41) is 12.9. The lowest BCUT2D eigenvalue weighted by Gasteiger charge is -2.29. The van der Waals surface area contributed by atoms with Crippen LogP contribution < -0.4 is 5.32 Å². The number of rotatable bonds is 7. The van der Waals surface area contributed by atoms with E-state index in [0.29, 0.717) is 0 Å². The van der Waals surface area contributed by atoms with E-state index >= 15 is 0 Å². The van der Waals surface area contributed by atoms with Crippen molar-refractivity contribution in [2.45, 2.75) is 33.2 Å². The van der Waals surface area contributed by atoms with Crippen LogP contribution in [0.25, 0.3) is 0 Å². The van der Waals surface area contributed by atoms with Gasteiger partial charge in [-0.3, -0.25) is 0 Å². The summed E-state index contributed by atoms with van der Waals surface area (Å²) in [4.78, 5) is 1.32. The zero-order chi connectivity index (χ0) is 12.0. The molecule has 0 unspecified atom stereocenters. The first-order chi connectivity index (χ1) is 7.65. The molecule has 16 heavy (non-hydrogen) atoms. The molecule has 92 valence electrons. The Balaban J connectivity index is 2.39. The van der Waals surface area contributed by atoms with Gasteiger partial charge in [-0.1, -0.05) is 13.8 Å². The van der Waals surface area contributed by atoms with Crippen molar-refractivity contribution in [3.8, 4) is 0 Å². The van der Waals surface area contributed by atoms with Gasteiger partial charge in [-0.05, 0) is 40.9 Å². The van der Waals surface area contributed by atoms with E-state index in [1.807, 2.05) is 0 Å².